The molecule has 0 radical (unpaired) electrons. The van der Waals surface area contributed by atoms with Crippen LogP contribution in [0.4, 0.5) is 5.82 Å². The number of aryl methyl sites for hydroxylation is 1. The third kappa shape index (κ3) is 6.79. The van der Waals surface area contributed by atoms with Crippen molar-refractivity contribution in [1.29, 1.82) is 0 Å². The van der Waals surface area contributed by atoms with Crippen LogP contribution in [0.1, 0.15) is 50.2 Å². The summed E-state index contributed by atoms with van der Waals surface area (Å²) in [6.07, 6.45) is 1.86. The molecule has 1 aliphatic heterocycles. The number of aromatic nitrogens is 3. The summed E-state index contributed by atoms with van der Waals surface area (Å²) >= 11 is 0. The highest BCUT2D eigenvalue weighted by Gasteiger charge is 2.21. The Hall–Kier alpha value is -1.95. The standard InChI is InChI=1S/C20H31N7O2.HI/c1-5-28-15(3)19-25-18(29-26-19)13-22-20(21-4)24-16-9-11-27(12-10-16)17-8-6-7-14(2)23-17;/h6-8,15-16H,5,9-13H2,1-4H3,(H2,21,22,24);1H. The van der Waals surface area contributed by atoms with E-state index < -0.39 is 0 Å². The van der Waals surface area contributed by atoms with Crippen LogP contribution in [0.15, 0.2) is 27.7 Å². The molecule has 0 amide bonds. The molecule has 10 heteroatoms. The zero-order chi connectivity index (χ0) is 20.6. The van der Waals surface area contributed by atoms with Crippen molar-refractivity contribution in [2.75, 3.05) is 31.6 Å². The molecule has 0 bridgehead atoms. The van der Waals surface area contributed by atoms with Crippen LogP contribution in [0.25, 0.3) is 0 Å². The third-order valence-corrected chi connectivity index (χ3v) is 4.93. The average Bonchev–Trinajstić information content (AvgIpc) is 3.21. The predicted molar refractivity (Wildman–Crippen MR) is 127 cm³/mol. The van der Waals surface area contributed by atoms with Crippen LogP contribution in [0.2, 0.25) is 0 Å². The van der Waals surface area contributed by atoms with E-state index in [1.54, 1.807) is 7.05 Å². The van der Waals surface area contributed by atoms with Crippen molar-refractivity contribution in [3.8, 4) is 0 Å². The van der Waals surface area contributed by atoms with Crippen LogP contribution < -0.4 is 15.5 Å². The van der Waals surface area contributed by atoms with Crippen LogP contribution in [0.5, 0.6) is 0 Å². The Morgan fingerprint density at radius 2 is 2.10 bits per heavy atom. The Labute approximate surface area is 195 Å². The second-order valence-corrected chi connectivity index (χ2v) is 7.11. The SMILES string of the molecule is CCOC(C)c1noc(CNC(=NC)NC2CCN(c3cccc(C)n3)CC2)n1.I. The number of aliphatic imine (C=N–C) groups is 1. The van der Waals surface area contributed by atoms with Gasteiger partial charge in [0.1, 0.15) is 11.9 Å². The van der Waals surface area contributed by atoms with E-state index in [0.717, 1.165) is 43.4 Å². The quantitative estimate of drug-likeness (QED) is 0.321. The van der Waals surface area contributed by atoms with Gasteiger partial charge in [0.25, 0.3) is 0 Å². The summed E-state index contributed by atoms with van der Waals surface area (Å²) in [7, 11) is 1.76. The molecule has 1 atom stereocenters. The minimum Gasteiger partial charge on any atom is -0.371 e. The van der Waals surface area contributed by atoms with Crippen LogP contribution >= 0.6 is 24.0 Å². The number of ether oxygens (including phenoxy) is 1. The Kier molecular flexibility index (Phi) is 9.76. The van der Waals surface area contributed by atoms with E-state index >= 15 is 0 Å². The van der Waals surface area contributed by atoms with Gasteiger partial charge in [-0.05, 0) is 45.7 Å². The van der Waals surface area contributed by atoms with Gasteiger partial charge in [-0.1, -0.05) is 11.2 Å². The van der Waals surface area contributed by atoms with Gasteiger partial charge in [0.15, 0.2) is 11.8 Å². The van der Waals surface area contributed by atoms with E-state index in [-0.39, 0.29) is 30.1 Å². The number of guanidine groups is 1. The van der Waals surface area contributed by atoms with Crippen molar-refractivity contribution >= 4 is 35.8 Å². The zero-order valence-electron chi connectivity index (χ0n) is 18.1. The van der Waals surface area contributed by atoms with Gasteiger partial charge < -0.3 is 24.8 Å². The Morgan fingerprint density at radius 1 is 1.33 bits per heavy atom. The molecule has 2 aromatic rings. The molecule has 0 aromatic carbocycles. The van der Waals surface area contributed by atoms with E-state index in [4.69, 9.17) is 9.26 Å². The first-order valence-corrected chi connectivity index (χ1v) is 10.2. The Morgan fingerprint density at radius 3 is 2.77 bits per heavy atom. The van der Waals surface area contributed by atoms with Crippen molar-refractivity contribution in [3.63, 3.8) is 0 Å². The van der Waals surface area contributed by atoms with Gasteiger partial charge >= 0.3 is 0 Å². The smallest absolute Gasteiger partial charge is 0.246 e. The third-order valence-electron chi connectivity index (χ3n) is 4.93. The fraction of sp³-hybridized carbons (Fsp3) is 0.600. The lowest BCUT2D eigenvalue weighted by atomic mass is 10.1. The molecule has 30 heavy (non-hydrogen) atoms. The topological polar surface area (TPSA) is 101 Å². The molecule has 1 aliphatic rings. The average molecular weight is 529 g/mol. The van der Waals surface area contributed by atoms with Crippen molar-refractivity contribution in [3.05, 3.63) is 35.6 Å². The maximum atomic E-state index is 5.49. The van der Waals surface area contributed by atoms with Gasteiger partial charge in [-0.2, -0.15) is 4.98 Å². The number of anilines is 1. The number of piperidine rings is 1. The molecule has 3 heterocycles. The van der Waals surface area contributed by atoms with E-state index in [1.165, 1.54) is 0 Å². The fourth-order valence-electron chi connectivity index (χ4n) is 3.33. The molecular formula is C20H32IN7O2. The number of halogens is 1. The van der Waals surface area contributed by atoms with Gasteiger partial charge in [0.05, 0.1) is 6.54 Å². The highest BCUT2D eigenvalue weighted by Crippen LogP contribution is 2.18. The lowest BCUT2D eigenvalue weighted by Crippen LogP contribution is -2.48. The number of rotatable bonds is 7. The summed E-state index contributed by atoms with van der Waals surface area (Å²) in [5.41, 5.74) is 1.05. The summed E-state index contributed by atoms with van der Waals surface area (Å²) in [6.45, 7) is 8.83. The molecule has 1 fully saturated rings. The van der Waals surface area contributed by atoms with Gasteiger partial charge in [-0.25, -0.2) is 4.98 Å². The summed E-state index contributed by atoms with van der Waals surface area (Å²) < 4.78 is 10.8. The van der Waals surface area contributed by atoms with E-state index in [1.807, 2.05) is 26.8 Å². The highest BCUT2D eigenvalue weighted by atomic mass is 127. The first-order chi connectivity index (χ1) is 14.1. The molecule has 0 spiro atoms. The maximum absolute atomic E-state index is 5.49. The molecule has 0 aliphatic carbocycles. The second-order valence-electron chi connectivity index (χ2n) is 7.11. The fourth-order valence-corrected chi connectivity index (χ4v) is 3.33. The summed E-state index contributed by atoms with van der Waals surface area (Å²) in [6, 6.07) is 6.52. The second kappa shape index (κ2) is 12.0. The summed E-state index contributed by atoms with van der Waals surface area (Å²) in [4.78, 5) is 15.6. The van der Waals surface area contributed by atoms with E-state index in [9.17, 15) is 0 Å². The molecule has 0 saturated carbocycles. The van der Waals surface area contributed by atoms with Crippen LogP contribution in [-0.4, -0.2) is 53.9 Å². The monoisotopic (exact) mass is 529 g/mol. The number of pyridine rings is 1. The first-order valence-electron chi connectivity index (χ1n) is 10.2. The lowest BCUT2D eigenvalue weighted by Gasteiger charge is -2.33. The van der Waals surface area contributed by atoms with E-state index in [0.29, 0.717) is 30.9 Å². The Bertz CT molecular complexity index is 806. The zero-order valence-corrected chi connectivity index (χ0v) is 20.4. The minimum atomic E-state index is -0.178. The molecule has 1 unspecified atom stereocenters. The van der Waals surface area contributed by atoms with Gasteiger partial charge in [0, 0.05) is 38.5 Å². The Balaban J connectivity index is 0.00000320. The van der Waals surface area contributed by atoms with Gasteiger partial charge in [-0.3, -0.25) is 4.99 Å². The summed E-state index contributed by atoms with van der Waals surface area (Å²) in [5.74, 6) is 2.85. The molecule has 3 rings (SSSR count). The highest BCUT2D eigenvalue weighted by molar-refractivity contribution is 14.0. The predicted octanol–water partition coefficient (Wildman–Crippen LogP) is 2.82. The van der Waals surface area contributed by atoms with Crippen molar-refractivity contribution in [1.82, 2.24) is 25.8 Å². The van der Waals surface area contributed by atoms with Crippen LogP contribution in [0, 0.1) is 6.92 Å². The van der Waals surface area contributed by atoms with Crippen LogP contribution in [-0.2, 0) is 11.3 Å². The number of nitrogens with zero attached hydrogens (tertiary/aromatic N) is 5. The number of nitrogens with one attached hydrogen (secondary N) is 2. The molecular weight excluding hydrogens is 497 g/mol. The van der Waals surface area contributed by atoms with Gasteiger partial charge in [0.2, 0.25) is 5.89 Å². The normalized spacial score (nSPS) is 16.1. The molecule has 2 aromatic heterocycles. The van der Waals surface area contributed by atoms with Crippen molar-refractivity contribution in [2.24, 2.45) is 4.99 Å². The molecule has 2 N–H and O–H groups in total. The van der Waals surface area contributed by atoms with Crippen LogP contribution in [0.3, 0.4) is 0 Å². The molecule has 1 saturated heterocycles. The molecule has 166 valence electrons. The minimum absolute atomic E-state index is 0. The van der Waals surface area contributed by atoms with Gasteiger partial charge in [-0.15, -0.1) is 24.0 Å². The molecule has 9 nitrogen and oxygen atoms in total. The van der Waals surface area contributed by atoms with Crippen molar-refractivity contribution in [2.45, 2.75) is 52.3 Å². The summed E-state index contributed by atoms with van der Waals surface area (Å²) in [5, 5.41) is 10.7. The number of hydrogen-bond donors (Lipinski definition) is 2. The lowest BCUT2D eigenvalue weighted by molar-refractivity contribution is 0.0683. The largest absolute Gasteiger partial charge is 0.371 e. The maximum Gasteiger partial charge on any atom is 0.246 e. The van der Waals surface area contributed by atoms with E-state index in [2.05, 4.69) is 47.8 Å². The number of hydrogen-bond acceptors (Lipinski definition) is 7. The first kappa shape index (κ1) is 24.3. The van der Waals surface area contributed by atoms with Crippen molar-refractivity contribution < 1.29 is 9.26 Å².